The van der Waals surface area contributed by atoms with E-state index in [9.17, 15) is 18.0 Å². The Morgan fingerprint density at radius 2 is 1.80 bits per heavy atom. The third-order valence-electron chi connectivity index (χ3n) is 8.67. The first-order chi connectivity index (χ1) is 19.2. The average molecular weight is 603 g/mol. The Balaban J connectivity index is 1.42. The van der Waals surface area contributed by atoms with E-state index in [1.54, 1.807) is 0 Å². The summed E-state index contributed by atoms with van der Waals surface area (Å²) in [7, 11) is -2.25. The molecule has 3 saturated heterocycles. The van der Waals surface area contributed by atoms with E-state index >= 15 is 0 Å². The van der Waals surface area contributed by atoms with Crippen molar-refractivity contribution in [2.24, 2.45) is 0 Å². The van der Waals surface area contributed by atoms with Gasteiger partial charge in [0, 0.05) is 45.1 Å². The van der Waals surface area contributed by atoms with Gasteiger partial charge >= 0.3 is 6.18 Å². The molecule has 3 fully saturated rings. The molecule has 1 aromatic heterocycles. The predicted octanol–water partition coefficient (Wildman–Crippen LogP) is 5.01. The number of anilines is 1. The minimum Gasteiger partial charge on any atom is -0.410 e. The number of alkyl halides is 3. The number of rotatable bonds is 9. The number of carbonyl (C=O) groups is 1. The summed E-state index contributed by atoms with van der Waals surface area (Å²) in [6.45, 7) is 15.1. The lowest BCUT2D eigenvalue weighted by molar-refractivity contribution is -0.196. The Kier molecular flexibility index (Phi) is 10.0. The Morgan fingerprint density at radius 3 is 2.41 bits per heavy atom. The van der Waals surface area contributed by atoms with E-state index in [0.717, 1.165) is 31.7 Å². The first-order valence-electron chi connectivity index (χ1n) is 14.7. The highest BCUT2D eigenvalue weighted by atomic mass is 28.4. The second kappa shape index (κ2) is 12.8. The lowest BCUT2D eigenvalue weighted by atomic mass is 10.0. The number of hydrogen-bond acceptors (Lipinski definition) is 8. The van der Waals surface area contributed by atoms with Crippen molar-refractivity contribution in [2.75, 3.05) is 37.7 Å². The lowest BCUT2D eigenvalue weighted by Gasteiger charge is -2.47. The molecule has 13 heteroatoms. The number of ether oxygens (including phenoxy) is 3. The van der Waals surface area contributed by atoms with Gasteiger partial charge in [-0.25, -0.2) is 9.97 Å². The van der Waals surface area contributed by atoms with Crippen LogP contribution in [0.5, 0.6) is 0 Å². The van der Waals surface area contributed by atoms with Crippen LogP contribution >= 0.6 is 0 Å². The van der Waals surface area contributed by atoms with Crippen molar-refractivity contribution in [3.8, 4) is 0 Å². The third kappa shape index (κ3) is 7.98. The molecule has 5 atom stereocenters. The van der Waals surface area contributed by atoms with Crippen molar-refractivity contribution in [3.05, 3.63) is 18.0 Å². The topological polar surface area (TPSA) is 86.2 Å². The molecule has 1 amide bonds. The summed E-state index contributed by atoms with van der Waals surface area (Å²) >= 11 is 0. The van der Waals surface area contributed by atoms with E-state index in [0.29, 0.717) is 45.7 Å². The molecule has 4 heterocycles. The number of likely N-dealkylation sites (tertiary alicyclic amines) is 1. The van der Waals surface area contributed by atoms with Crippen molar-refractivity contribution < 1.29 is 36.6 Å². The van der Waals surface area contributed by atoms with E-state index in [1.807, 2.05) is 16.7 Å². The zero-order valence-electron chi connectivity index (χ0n) is 25.1. The zero-order chi connectivity index (χ0) is 30.0. The maximum absolute atomic E-state index is 13.5. The minimum atomic E-state index is -4.50. The Morgan fingerprint density at radius 1 is 1.10 bits per heavy atom. The van der Waals surface area contributed by atoms with Crippen LogP contribution in [0.3, 0.4) is 0 Å². The van der Waals surface area contributed by atoms with Gasteiger partial charge in [0.2, 0.25) is 5.95 Å². The summed E-state index contributed by atoms with van der Waals surface area (Å²) < 4.78 is 63.6. The molecule has 9 nitrogen and oxygen atoms in total. The lowest BCUT2D eigenvalue weighted by Crippen LogP contribution is -2.60. The highest BCUT2D eigenvalue weighted by Gasteiger charge is 2.47. The molecule has 0 aliphatic carbocycles. The smallest absolute Gasteiger partial charge is 0.410 e. The standard InChI is InChI=1S/C28H45F3N4O5Si/c1-19(39-24-9-7-8-14-37-24)18-38-22-11-13-35(25(22)36)21-10-12-34(17-23(21)40-41(5,6)27(2,3)4)26-32-15-20(16-33-26)28(29,30)31/h15-16,19,21-24H,7-14,17-18H2,1-6H3/t19-,21+,22?,23?,24?/m0/s1. The molecule has 3 unspecified atom stereocenters. The maximum atomic E-state index is 13.5. The molecule has 3 aliphatic rings. The molecular weight excluding hydrogens is 557 g/mol. The fraction of sp³-hybridized carbons (Fsp3) is 0.821. The highest BCUT2D eigenvalue weighted by Crippen LogP contribution is 2.39. The summed E-state index contributed by atoms with van der Waals surface area (Å²) in [6.07, 6.45) is -0.00229. The van der Waals surface area contributed by atoms with Crippen LogP contribution in [0.15, 0.2) is 12.4 Å². The normalized spacial score (nSPS) is 27.4. The summed E-state index contributed by atoms with van der Waals surface area (Å²) in [5.41, 5.74) is -0.884. The van der Waals surface area contributed by atoms with Gasteiger partial charge < -0.3 is 28.4 Å². The SMILES string of the molecule is C[C@@H](COC1CCN([C@@H]2CCN(c3ncc(C(F)(F)F)cn3)CC2O[Si](C)(C)C(C)(C)C)C1=O)OC1CCCCO1. The third-order valence-corrected chi connectivity index (χ3v) is 13.2. The molecule has 232 valence electrons. The van der Waals surface area contributed by atoms with Gasteiger partial charge in [0.1, 0.15) is 6.10 Å². The van der Waals surface area contributed by atoms with Crippen LogP contribution in [-0.4, -0.2) is 92.6 Å². The maximum Gasteiger partial charge on any atom is 0.419 e. The molecule has 1 aromatic rings. The second-order valence-electron chi connectivity index (χ2n) is 12.9. The van der Waals surface area contributed by atoms with Crippen LogP contribution in [0, 0.1) is 0 Å². The van der Waals surface area contributed by atoms with Crippen LogP contribution in [0.25, 0.3) is 0 Å². The number of carbonyl (C=O) groups excluding carboxylic acids is 1. The second-order valence-corrected chi connectivity index (χ2v) is 17.6. The van der Waals surface area contributed by atoms with Gasteiger partial charge in [-0.2, -0.15) is 13.2 Å². The first-order valence-corrected chi connectivity index (χ1v) is 17.6. The van der Waals surface area contributed by atoms with Gasteiger partial charge in [-0.3, -0.25) is 4.79 Å². The Bertz CT molecular complexity index is 1020. The van der Waals surface area contributed by atoms with E-state index in [2.05, 4.69) is 43.8 Å². The van der Waals surface area contributed by atoms with Crippen LogP contribution in [-0.2, 0) is 29.6 Å². The van der Waals surface area contributed by atoms with Gasteiger partial charge in [0.05, 0.1) is 30.4 Å². The van der Waals surface area contributed by atoms with E-state index in [4.69, 9.17) is 18.6 Å². The van der Waals surface area contributed by atoms with E-state index < -0.39 is 26.2 Å². The number of piperidine rings is 1. The summed E-state index contributed by atoms with van der Waals surface area (Å²) in [5.74, 6) is 0.171. The monoisotopic (exact) mass is 602 g/mol. The number of halogens is 3. The molecule has 0 bridgehead atoms. The number of nitrogens with zero attached hydrogens (tertiary/aromatic N) is 4. The number of amides is 1. The van der Waals surface area contributed by atoms with Gasteiger partial charge in [-0.15, -0.1) is 0 Å². The quantitative estimate of drug-likeness (QED) is 0.365. The molecule has 41 heavy (non-hydrogen) atoms. The van der Waals surface area contributed by atoms with E-state index in [-0.39, 0.29) is 41.4 Å². The molecule has 0 aromatic carbocycles. The molecule has 4 rings (SSSR count). The molecule has 3 aliphatic heterocycles. The highest BCUT2D eigenvalue weighted by molar-refractivity contribution is 6.74. The Hall–Kier alpha value is -1.80. The van der Waals surface area contributed by atoms with Gasteiger partial charge in [-0.1, -0.05) is 20.8 Å². The van der Waals surface area contributed by atoms with Gasteiger partial charge in [0.15, 0.2) is 14.6 Å². The molecule has 0 spiro atoms. The summed E-state index contributed by atoms with van der Waals surface area (Å²) in [4.78, 5) is 25.3. The minimum absolute atomic E-state index is 0.0563. The van der Waals surface area contributed by atoms with Gasteiger partial charge in [-0.05, 0) is 50.7 Å². The van der Waals surface area contributed by atoms with Crippen molar-refractivity contribution in [1.82, 2.24) is 14.9 Å². The summed E-state index contributed by atoms with van der Waals surface area (Å²) in [5, 5.41) is -0.0659. The fourth-order valence-corrected chi connectivity index (χ4v) is 6.61. The van der Waals surface area contributed by atoms with Crippen molar-refractivity contribution in [3.63, 3.8) is 0 Å². The summed E-state index contributed by atoms with van der Waals surface area (Å²) in [6, 6.07) is -0.180. The number of hydrogen-bond donors (Lipinski definition) is 0. The molecule has 0 radical (unpaired) electrons. The van der Waals surface area contributed by atoms with Crippen LogP contribution in [0.1, 0.15) is 65.4 Å². The Labute approximate surface area is 242 Å². The zero-order valence-corrected chi connectivity index (χ0v) is 26.1. The number of aromatic nitrogens is 2. The van der Waals surface area contributed by atoms with Crippen LogP contribution in [0.4, 0.5) is 19.1 Å². The predicted molar refractivity (Wildman–Crippen MR) is 150 cm³/mol. The van der Waals surface area contributed by atoms with E-state index in [1.165, 1.54) is 0 Å². The largest absolute Gasteiger partial charge is 0.419 e. The van der Waals surface area contributed by atoms with Crippen LogP contribution < -0.4 is 4.90 Å². The molecule has 0 N–H and O–H groups in total. The van der Waals surface area contributed by atoms with Crippen LogP contribution in [0.2, 0.25) is 18.1 Å². The van der Waals surface area contributed by atoms with Crippen molar-refractivity contribution in [2.45, 2.75) is 115 Å². The molecule has 0 saturated carbocycles. The average Bonchev–Trinajstić information content (AvgIpc) is 3.26. The van der Waals surface area contributed by atoms with Crippen molar-refractivity contribution >= 4 is 20.2 Å². The molecular formula is C28H45F3N4O5Si. The van der Waals surface area contributed by atoms with Gasteiger partial charge in [0.25, 0.3) is 5.91 Å². The fourth-order valence-electron chi connectivity index (χ4n) is 5.27. The first kappa shape index (κ1) is 32.1. The van der Waals surface area contributed by atoms with Crippen molar-refractivity contribution in [1.29, 1.82) is 0 Å².